The van der Waals surface area contributed by atoms with E-state index >= 15 is 0 Å². The smallest absolute Gasteiger partial charge is 0.416 e. The molecule has 0 aliphatic heterocycles. The summed E-state index contributed by atoms with van der Waals surface area (Å²) in [5.74, 6) is -1.46. The predicted molar refractivity (Wildman–Crippen MR) is 74.5 cm³/mol. The Morgan fingerprint density at radius 1 is 1.14 bits per heavy atom. The molecule has 2 aromatic carbocycles. The van der Waals surface area contributed by atoms with Crippen molar-refractivity contribution in [3.63, 3.8) is 0 Å². The van der Waals surface area contributed by atoms with Gasteiger partial charge in [-0.3, -0.25) is 0 Å². The van der Waals surface area contributed by atoms with Crippen molar-refractivity contribution in [3.05, 3.63) is 58.6 Å². The molecule has 0 spiro atoms. The summed E-state index contributed by atoms with van der Waals surface area (Å²) in [4.78, 5) is 10.8. The maximum Gasteiger partial charge on any atom is 0.416 e. The average molecular weight is 331 g/mol. The Morgan fingerprint density at radius 3 is 2.41 bits per heavy atom. The van der Waals surface area contributed by atoms with Crippen LogP contribution in [0.2, 0.25) is 5.02 Å². The number of benzene rings is 2. The highest BCUT2D eigenvalue weighted by Gasteiger charge is 2.30. The van der Waals surface area contributed by atoms with Gasteiger partial charge in [-0.2, -0.15) is 13.2 Å². The summed E-state index contributed by atoms with van der Waals surface area (Å²) in [6, 6.07) is 8.39. The molecule has 7 heteroatoms. The number of rotatable bonds is 3. The lowest BCUT2D eigenvalue weighted by Crippen LogP contribution is -2.10. The molecule has 0 bridgehead atoms. The highest BCUT2D eigenvalue weighted by Crippen LogP contribution is 2.35. The van der Waals surface area contributed by atoms with Gasteiger partial charge in [0.2, 0.25) is 0 Å². The first-order valence-electron chi connectivity index (χ1n) is 6.08. The van der Waals surface area contributed by atoms with Crippen molar-refractivity contribution in [2.45, 2.75) is 12.3 Å². The zero-order chi connectivity index (χ0) is 16.5. The molecule has 0 amide bonds. The number of carboxylic acid groups (broad SMARTS) is 1. The van der Waals surface area contributed by atoms with Crippen LogP contribution in [0.4, 0.5) is 13.2 Å². The van der Waals surface area contributed by atoms with Crippen LogP contribution in [0, 0.1) is 0 Å². The van der Waals surface area contributed by atoms with Crippen molar-refractivity contribution in [2.24, 2.45) is 0 Å². The SMILES string of the molecule is O=C(O)C(O)c1ccc(Cl)c(-c2cccc(C(F)(F)F)c2)c1. The van der Waals surface area contributed by atoms with Gasteiger partial charge in [0.05, 0.1) is 5.56 Å². The third-order valence-electron chi connectivity index (χ3n) is 3.04. The monoisotopic (exact) mass is 330 g/mol. The number of alkyl halides is 3. The van der Waals surface area contributed by atoms with E-state index in [2.05, 4.69) is 0 Å². The van der Waals surface area contributed by atoms with Crippen LogP contribution in [0.1, 0.15) is 17.2 Å². The van der Waals surface area contributed by atoms with E-state index in [-0.39, 0.29) is 21.7 Å². The molecule has 0 heterocycles. The fraction of sp³-hybridized carbons (Fsp3) is 0.133. The van der Waals surface area contributed by atoms with E-state index < -0.39 is 23.8 Å². The number of carboxylic acids is 1. The van der Waals surface area contributed by atoms with Crippen LogP contribution in [-0.4, -0.2) is 16.2 Å². The van der Waals surface area contributed by atoms with Gasteiger partial charge in [0.1, 0.15) is 0 Å². The summed E-state index contributed by atoms with van der Waals surface area (Å²) in [5.41, 5.74) is -0.417. The summed E-state index contributed by atoms with van der Waals surface area (Å²) < 4.78 is 38.2. The molecule has 2 aromatic rings. The number of aliphatic hydroxyl groups is 1. The average Bonchev–Trinajstić information content (AvgIpc) is 2.46. The highest BCUT2D eigenvalue weighted by atomic mass is 35.5. The molecule has 0 radical (unpaired) electrons. The lowest BCUT2D eigenvalue weighted by Gasteiger charge is -2.12. The summed E-state index contributed by atoms with van der Waals surface area (Å²) >= 11 is 5.97. The van der Waals surface area contributed by atoms with Gasteiger partial charge in [0, 0.05) is 10.6 Å². The molecule has 0 aliphatic carbocycles. The molecule has 2 N–H and O–H groups in total. The standard InChI is InChI=1S/C15H10ClF3O3/c16-12-5-4-9(13(20)14(21)22)7-11(12)8-2-1-3-10(6-8)15(17,18)19/h1-7,13,20H,(H,21,22). The Labute approximate surface area is 128 Å². The summed E-state index contributed by atoms with van der Waals surface area (Å²) in [7, 11) is 0. The maximum atomic E-state index is 12.7. The molecule has 0 fully saturated rings. The normalized spacial score (nSPS) is 13.0. The predicted octanol–water partition coefficient (Wildman–Crippen LogP) is 4.14. The second-order valence-electron chi connectivity index (χ2n) is 4.56. The zero-order valence-corrected chi connectivity index (χ0v) is 11.7. The minimum Gasteiger partial charge on any atom is -0.479 e. The fourth-order valence-electron chi connectivity index (χ4n) is 1.94. The summed E-state index contributed by atoms with van der Waals surface area (Å²) in [6.07, 6.45) is -6.28. The van der Waals surface area contributed by atoms with Crippen molar-refractivity contribution < 1.29 is 28.2 Å². The molecule has 0 aliphatic rings. The van der Waals surface area contributed by atoms with E-state index in [1.165, 1.54) is 30.3 Å². The third-order valence-corrected chi connectivity index (χ3v) is 3.37. The zero-order valence-electron chi connectivity index (χ0n) is 10.9. The number of aliphatic carboxylic acids is 1. The third kappa shape index (κ3) is 3.40. The van der Waals surface area contributed by atoms with Gasteiger partial charge < -0.3 is 10.2 Å². The Hall–Kier alpha value is -2.05. The first-order chi connectivity index (χ1) is 10.2. The van der Waals surface area contributed by atoms with E-state index in [1.54, 1.807) is 0 Å². The summed E-state index contributed by atoms with van der Waals surface area (Å²) in [6.45, 7) is 0. The van der Waals surface area contributed by atoms with Gasteiger partial charge in [-0.15, -0.1) is 0 Å². The van der Waals surface area contributed by atoms with Crippen molar-refractivity contribution >= 4 is 17.6 Å². The molecular weight excluding hydrogens is 321 g/mol. The van der Waals surface area contributed by atoms with E-state index in [1.807, 2.05) is 0 Å². The Bertz CT molecular complexity index is 713. The maximum absolute atomic E-state index is 12.7. The molecule has 0 saturated carbocycles. The minimum atomic E-state index is -4.50. The van der Waals surface area contributed by atoms with Gasteiger partial charge in [0.15, 0.2) is 6.10 Å². The molecule has 0 aromatic heterocycles. The van der Waals surface area contributed by atoms with Crippen LogP contribution < -0.4 is 0 Å². The Kier molecular flexibility index (Phi) is 4.44. The minimum absolute atomic E-state index is 0.0318. The number of hydrogen-bond donors (Lipinski definition) is 2. The van der Waals surface area contributed by atoms with E-state index in [4.69, 9.17) is 16.7 Å². The van der Waals surface area contributed by atoms with Gasteiger partial charge >= 0.3 is 12.1 Å². The van der Waals surface area contributed by atoms with E-state index in [0.717, 1.165) is 12.1 Å². The van der Waals surface area contributed by atoms with Gasteiger partial charge in [-0.25, -0.2) is 4.79 Å². The lowest BCUT2D eigenvalue weighted by molar-refractivity contribution is -0.147. The van der Waals surface area contributed by atoms with Crippen molar-refractivity contribution in [2.75, 3.05) is 0 Å². The van der Waals surface area contributed by atoms with Crippen LogP contribution in [0.5, 0.6) is 0 Å². The Balaban J connectivity index is 2.53. The van der Waals surface area contributed by atoms with Crippen LogP contribution >= 0.6 is 11.6 Å². The number of carbonyl (C=O) groups is 1. The van der Waals surface area contributed by atoms with E-state index in [0.29, 0.717) is 0 Å². The quantitative estimate of drug-likeness (QED) is 0.889. The molecule has 2 rings (SSSR count). The van der Waals surface area contributed by atoms with E-state index in [9.17, 15) is 23.1 Å². The summed E-state index contributed by atoms with van der Waals surface area (Å²) in [5, 5.41) is 18.5. The molecular formula is C15H10ClF3O3. The second kappa shape index (κ2) is 5.98. The molecule has 116 valence electrons. The lowest BCUT2D eigenvalue weighted by atomic mass is 9.99. The molecule has 1 unspecified atom stereocenters. The molecule has 0 saturated heterocycles. The second-order valence-corrected chi connectivity index (χ2v) is 4.97. The molecule has 22 heavy (non-hydrogen) atoms. The number of aliphatic hydroxyl groups excluding tert-OH is 1. The van der Waals surface area contributed by atoms with Crippen molar-refractivity contribution in [1.82, 2.24) is 0 Å². The van der Waals surface area contributed by atoms with Gasteiger partial charge in [0.25, 0.3) is 0 Å². The van der Waals surface area contributed by atoms with Crippen LogP contribution in [0.15, 0.2) is 42.5 Å². The van der Waals surface area contributed by atoms with Crippen molar-refractivity contribution in [3.8, 4) is 11.1 Å². The highest BCUT2D eigenvalue weighted by molar-refractivity contribution is 6.33. The van der Waals surface area contributed by atoms with Gasteiger partial charge in [-0.05, 0) is 35.4 Å². The number of halogens is 4. The van der Waals surface area contributed by atoms with Crippen LogP contribution in [-0.2, 0) is 11.0 Å². The largest absolute Gasteiger partial charge is 0.479 e. The Morgan fingerprint density at radius 2 is 1.82 bits per heavy atom. The molecule has 3 nitrogen and oxygen atoms in total. The fourth-order valence-corrected chi connectivity index (χ4v) is 2.17. The van der Waals surface area contributed by atoms with Crippen molar-refractivity contribution in [1.29, 1.82) is 0 Å². The first-order valence-corrected chi connectivity index (χ1v) is 6.46. The van der Waals surface area contributed by atoms with Crippen LogP contribution in [0.25, 0.3) is 11.1 Å². The van der Waals surface area contributed by atoms with Gasteiger partial charge in [-0.1, -0.05) is 29.8 Å². The topological polar surface area (TPSA) is 57.5 Å². The van der Waals surface area contributed by atoms with Crippen LogP contribution in [0.3, 0.4) is 0 Å². The molecule has 1 atom stereocenters. The number of hydrogen-bond acceptors (Lipinski definition) is 2. The first kappa shape index (κ1) is 16.3.